The maximum atomic E-state index is 13.8. The van der Waals surface area contributed by atoms with Crippen molar-refractivity contribution in [3.8, 4) is 0 Å². The zero-order valence-electron chi connectivity index (χ0n) is 21.7. The molecular formula is C29H33F3N2O4. The minimum Gasteiger partial charge on any atom is -0.481 e. The Morgan fingerprint density at radius 1 is 1.03 bits per heavy atom. The molecular weight excluding hydrogens is 497 g/mol. The van der Waals surface area contributed by atoms with Crippen LogP contribution in [-0.4, -0.2) is 40.7 Å². The average Bonchev–Trinajstić information content (AvgIpc) is 2.88. The molecule has 1 saturated heterocycles. The van der Waals surface area contributed by atoms with Crippen molar-refractivity contribution in [1.29, 1.82) is 0 Å². The van der Waals surface area contributed by atoms with E-state index in [4.69, 9.17) is 9.94 Å². The monoisotopic (exact) mass is 530 g/mol. The summed E-state index contributed by atoms with van der Waals surface area (Å²) in [6.45, 7) is 5.38. The Labute approximate surface area is 220 Å². The van der Waals surface area contributed by atoms with Crippen molar-refractivity contribution >= 4 is 17.7 Å². The largest absolute Gasteiger partial charge is 0.481 e. The molecule has 0 atom stereocenters. The number of carbonyl (C=O) groups excluding carboxylic acids is 1. The van der Waals surface area contributed by atoms with Gasteiger partial charge in [-0.3, -0.25) is 9.69 Å². The number of hydrogen-bond acceptors (Lipinski definition) is 5. The molecule has 1 aliphatic heterocycles. The van der Waals surface area contributed by atoms with Crippen molar-refractivity contribution in [1.82, 2.24) is 4.90 Å². The van der Waals surface area contributed by atoms with Crippen molar-refractivity contribution in [3.05, 3.63) is 69.8 Å². The second-order valence-electron chi connectivity index (χ2n) is 10.3. The van der Waals surface area contributed by atoms with Crippen LogP contribution >= 0.6 is 0 Å². The van der Waals surface area contributed by atoms with Crippen LogP contribution < -0.4 is 0 Å². The maximum absolute atomic E-state index is 13.8. The summed E-state index contributed by atoms with van der Waals surface area (Å²) in [4.78, 5) is 30.8. The average molecular weight is 531 g/mol. The summed E-state index contributed by atoms with van der Waals surface area (Å²) in [6.07, 6.45) is 0.471. The summed E-state index contributed by atoms with van der Waals surface area (Å²) in [5.41, 5.74) is 2.58. The molecule has 0 spiro atoms. The number of carboxylic acid groups (broad SMARTS) is 1. The van der Waals surface area contributed by atoms with Crippen molar-refractivity contribution in [2.24, 2.45) is 11.1 Å². The van der Waals surface area contributed by atoms with E-state index in [1.54, 1.807) is 6.92 Å². The number of benzene rings is 2. The van der Waals surface area contributed by atoms with Crippen molar-refractivity contribution in [2.45, 2.75) is 71.0 Å². The number of alkyl halides is 3. The van der Waals surface area contributed by atoms with Crippen LogP contribution in [0, 0.1) is 5.92 Å². The van der Waals surface area contributed by atoms with Gasteiger partial charge < -0.3 is 9.94 Å². The third kappa shape index (κ3) is 6.43. The summed E-state index contributed by atoms with van der Waals surface area (Å²) in [5, 5.41) is 13.0. The van der Waals surface area contributed by atoms with Gasteiger partial charge in [-0.1, -0.05) is 49.5 Å². The van der Waals surface area contributed by atoms with E-state index in [0.717, 1.165) is 61.3 Å². The first kappa shape index (κ1) is 27.8. The zero-order chi connectivity index (χ0) is 27.4. The highest BCUT2D eigenvalue weighted by Crippen LogP contribution is 2.41. The van der Waals surface area contributed by atoms with E-state index in [-0.39, 0.29) is 23.0 Å². The van der Waals surface area contributed by atoms with Crippen LogP contribution in [0.2, 0.25) is 0 Å². The molecule has 4 rings (SSSR count). The maximum Gasteiger partial charge on any atom is 0.416 e. The number of halogens is 3. The van der Waals surface area contributed by atoms with E-state index in [1.165, 1.54) is 12.1 Å². The zero-order valence-corrected chi connectivity index (χ0v) is 21.7. The number of carbonyl (C=O) groups is 2. The molecule has 1 aliphatic carbocycles. The summed E-state index contributed by atoms with van der Waals surface area (Å²) in [6, 6.07) is 9.41. The molecule has 0 radical (unpaired) electrons. The molecule has 0 amide bonds. The van der Waals surface area contributed by atoms with Gasteiger partial charge in [0.25, 0.3) is 0 Å². The van der Waals surface area contributed by atoms with Gasteiger partial charge in [0.05, 0.1) is 22.8 Å². The smallest absolute Gasteiger partial charge is 0.416 e. The first-order valence-corrected chi connectivity index (χ1v) is 13.1. The van der Waals surface area contributed by atoms with E-state index < -0.39 is 23.7 Å². The van der Waals surface area contributed by atoms with Gasteiger partial charge in [-0.05, 0) is 72.6 Å². The topological polar surface area (TPSA) is 79.2 Å². The predicted molar refractivity (Wildman–Crippen MR) is 137 cm³/mol. The van der Waals surface area contributed by atoms with Crippen molar-refractivity contribution < 1.29 is 32.7 Å². The fourth-order valence-corrected chi connectivity index (χ4v) is 5.34. The molecule has 2 fully saturated rings. The van der Waals surface area contributed by atoms with Crippen molar-refractivity contribution in [2.75, 3.05) is 13.1 Å². The summed E-state index contributed by atoms with van der Waals surface area (Å²) >= 11 is 0. The van der Waals surface area contributed by atoms with Crippen LogP contribution in [0.1, 0.15) is 90.0 Å². The normalized spacial score (nSPS) is 17.8. The van der Waals surface area contributed by atoms with Gasteiger partial charge in [-0.2, -0.15) is 13.2 Å². The van der Waals surface area contributed by atoms with Gasteiger partial charge in [0.2, 0.25) is 0 Å². The van der Waals surface area contributed by atoms with E-state index in [1.807, 2.05) is 25.1 Å². The quantitative estimate of drug-likeness (QED) is 0.242. The Morgan fingerprint density at radius 3 is 2.34 bits per heavy atom. The molecule has 1 heterocycles. The van der Waals surface area contributed by atoms with Gasteiger partial charge in [0, 0.05) is 19.6 Å². The van der Waals surface area contributed by atoms with Crippen LogP contribution in [0.3, 0.4) is 0 Å². The van der Waals surface area contributed by atoms with E-state index in [2.05, 4.69) is 10.1 Å². The standard InChI is InChI=1S/C29H33F3N2O4/c1-3-19-13-21(9-10-23(19)15-34-16-24(17-34)27(35)36)18(2)33-38-28(37)22-11-12-25(20-7-5-4-6-8-20)26(14-22)29(30,31)32/h9-14,20,24H,3-8,15-17H2,1-2H3,(H,35,36). The van der Waals surface area contributed by atoms with E-state index in [0.29, 0.717) is 25.3 Å². The number of aryl methyl sites for hydroxylation is 1. The van der Waals surface area contributed by atoms with Crippen LogP contribution in [0.15, 0.2) is 41.6 Å². The molecule has 0 unspecified atom stereocenters. The van der Waals surface area contributed by atoms with Gasteiger partial charge >= 0.3 is 18.1 Å². The Kier molecular flexibility index (Phi) is 8.55. The number of aliphatic carboxylic acids is 1. The second kappa shape index (κ2) is 11.7. The molecule has 1 saturated carbocycles. The fourth-order valence-electron chi connectivity index (χ4n) is 5.34. The van der Waals surface area contributed by atoms with Crippen molar-refractivity contribution in [3.63, 3.8) is 0 Å². The molecule has 0 bridgehead atoms. The Balaban J connectivity index is 1.45. The molecule has 2 aromatic carbocycles. The number of hydrogen-bond donors (Lipinski definition) is 1. The SMILES string of the molecule is CCc1cc(C(C)=NOC(=O)c2ccc(C3CCCCC3)c(C(F)(F)F)c2)ccc1CN1CC(C(=O)O)C1. The molecule has 2 aliphatic rings. The van der Waals surface area contributed by atoms with Gasteiger partial charge in [0.1, 0.15) is 0 Å². The number of likely N-dealkylation sites (tertiary alicyclic amines) is 1. The number of rotatable bonds is 8. The van der Waals surface area contributed by atoms with Gasteiger partial charge in [0.15, 0.2) is 0 Å². The molecule has 1 N–H and O–H groups in total. The first-order chi connectivity index (χ1) is 18.1. The van der Waals surface area contributed by atoms with Gasteiger partial charge in [-0.25, -0.2) is 4.79 Å². The lowest BCUT2D eigenvalue weighted by atomic mass is 9.81. The van der Waals surface area contributed by atoms with E-state index in [9.17, 15) is 22.8 Å². The highest BCUT2D eigenvalue weighted by molar-refractivity contribution is 5.99. The second-order valence-corrected chi connectivity index (χ2v) is 10.3. The molecule has 6 nitrogen and oxygen atoms in total. The molecule has 9 heteroatoms. The summed E-state index contributed by atoms with van der Waals surface area (Å²) in [7, 11) is 0. The highest BCUT2D eigenvalue weighted by Gasteiger charge is 2.36. The van der Waals surface area contributed by atoms with Crippen LogP contribution in [-0.2, 0) is 28.8 Å². The van der Waals surface area contributed by atoms with Crippen LogP contribution in [0.4, 0.5) is 13.2 Å². The summed E-state index contributed by atoms with van der Waals surface area (Å²) in [5.74, 6) is -2.19. The fraction of sp³-hybridized carbons (Fsp3) is 0.483. The molecule has 0 aromatic heterocycles. The third-order valence-electron chi connectivity index (χ3n) is 7.61. The predicted octanol–water partition coefficient (Wildman–Crippen LogP) is 6.41. The lowest BCUT2D eigenvalue weighted by Crippen LogP contribution is -2.49. The van der Waals surface area contributed by atoms with E-state index >= 15 is 0 Å². The van der Waals surface area contributed by atoms with Gasteiger partial charge in [-0.15, -0.1) is 0 Å². The number of nitrogens with zero attached hydrogens (tertiary/aromatic N) is 2. The lowest BCUT2D eigenvalue weighted by molar-refractivity contribution is -0.147. The Morgan fingerprint density at radius 2 is 1.71 bits per heavy atom. The third-order valence-corrected chi connectivity index (χ3v) is 7.61. The minimum absolute atomic E-state index is 0.152. The van der Waals surface area contributed by atoms with Crippen LogP contribution in [0.5, 0.6) is 0 Å². The summed E-state index contributed by atoms with van der Waals surface area (Å²) < 4.78 is 41.5. The highest BCUT2D eigenvalue weighted by atomic mass is 19.4. The number of carboxylic acids is 1. The number of oxime groups is 1. The first-order valence-electron chi connectivity index (χ1n) is 13.1. The Bertz CT molecular complexity index is 1210. The molecule has 204 valence electrons. The van der Waals surface area contributed by atoms with Crippen LogP contribution in [0.25, 0.3) is 0 Å². The lowest BCUT2D eigenvalue weighted by Gasteiger charge is -2.37. The molecule has 38 heavy (non-hydrogen) atoms. The minimum atomic E-state index is -4.56. The molecule has 2 aromatic rings. The Hall–Kier alpha value is -3.20.